The summed E-state index contributed by atoms with van der Waals surface area (Å²) >= 11 is 0. The Kier molecular flexibility index (Phi) is 4.55. The fraction of sp³-hybridized carbons (Fsp3) is 0.200. The number of esters is 1. The van der Waals surface area contributed by atoms with E-state index < -0.39 is 0 Å². The van der Waals surface area contributed by atoms with Crippen molar-refractivity contribution < 1.29 is 19.0 Å². The van der Waals surface area contributed by atoms with E-state index in [0.29, 0.717) is 24.3 Å². The minimum absolute atomic E-state index is 0.316. The Balaban J connectivity index is 2.04. The Morgan fingerprint density at radius 2 is 2.05 bits per heavy atom. The van der Waals surface area contributed by atoms with Gasteiger partial charge in [-0.25, -0.2) is 4.79 Å². The molecule has 0 fully saturated rings. The summed E-state index contributed by atoms with van der Waals surface area (Å²) < 4.78 is 6.38. The zero-order chi connectivity index (χ0) is 14.4. The molecule has 1 aromatic carbocycles. The molecule has 0 saturated carbocycles. The van der Waals surface area contributed by atoms with Gasteiger partial charge in [0, 0.05) is 16.8 Å². The van der Waals surface area contributed by atoms with Crippen LogP contribution in [0.25, 0.3) is 0 Å². The first-order chi connectivity index (χ1) is 9.70. The van der Waals surface area contributed by atoms with Crippen molar-refractivity contribution in [3.63, 3.8) is 0 Å². The van der Waals surface area contributed by atoms with Gasteiger partial charge in [0.15, 0.2) is 12.7 Å². The van der Waals surface area contributed by atoms with Crippen molar-refractivity contribution in [1.82, 2.24) is 0 Å². The molecule has 0 aliphatic carbocycles. The minimum Gasteiger partial charge on any atom is -0.462 e. The number of benzene rings is 1. The predicted molar refractivity (Wildman–Crippen MR) is 72.2 cm³/mol. The smallest absolute Gasteiger partial charge is 0.339 e. The molecule has 1 aliphatic rings. The lowest BCUT2D eigenvalue weighted by Crippen LogP contribution is -2.14. The van der Waals surface area contributed by atoms with Crippen LogP contribution in [-0.4, -0.2) is 29.7 Å². The van der Waals surface area contributed by atoms with E-state index in [2.05, 4.69) is 5.11 Å². The quantitative estimate of drug-likeness (QED) is 0.626. The summed E-state index contributed by atoms with van der Waals surface area (Å²) in [5.41, 5.74) is 1.01. The first-order valence-corrected chi connectivity index (χ1v) is 6.34. The van der Waals surface area contributed by atoms with Gasteiger partial charge in [0.2, 0.25) is 0 Å². The van der Waals surface area contributed by atoms with Gasteiger partial charge < -0.3 is 4.74 Å². The molecule has 0 saturated heterocycles. The first kappa shape index (κ1) is 13.9. The minimum atomic E-state index is -0.363. The normalized spacial score (nSPS) is 15.8. The Morgan fingerprint density at radius 1 is 1.30 bits per heavy atom. The molecular formula is C15H15N2O3+. The third-order valence-electron chi connectivity index (χ3n) is 2.68. The zero-order valence-electron chi connectivity index (χ0n) is 11.2. The topological polar surface area (TPSA) is 58.7 Å². The SMILES string of the molecule is CCOC(=O)C1=CC[N+](=NC(=O)c2ccccc2)C=C1. The van der Waals surface area contributed by atoms with E-state index in [9.17, 15) is 9.59 Å². The highest BCUT2D eigenvalue weighted by Crippen LogP contribution is 2.08. The third-order valence-corrected chi connectivity index (χ3v) is 2.68. The molecule has 1 aromatic rings. The van der Waals surface area contributed by atoms with E-state index in [1.54, 1.807) is 49.5 Å². The number of ether oxygens (including phenoxy) is 1. The number of amides is 1. The zero-order valence-corrected chi connectivity index (χ0v) is 11.2. The van der Waals surface area contributed by atoms with Crippen molar-refractivity contribution in [2.45, 2.75) is 6.92 Å². The molecule has 1 aliphatic heterocycles. The fourth-order valence-corrected chi connectivity index (χ4v) is 1.68. The Bertz CT molecular complexity index is 601. The molecule has 0 spiro atoms. The van der Waals surface area contributed by atoms with Gasteiger partial charge in [-0.1, -0.05) is 22.9 Å². The van der Waals surface area contributed by atoms with Gasteiger partial charge in [0.05, 0.1) is 12.2 Å². The lowest BCUT2D eigenvalue weighted by atomic mass is 10.2. The van der Waals surface area contributed by atoms with Gasteiger partial charge in [0.1, 0.15) is 0 Å². The molecule has 0 radical (unpaired) electrons. The highest BCUT2D eigenvalue weighted by atomic mass is 16.5. The van der Waals surface area contributed by atoms with Gasteiger partial charge in [-0.2, -0.15) is 0 Å². The van der Waals surface area contributed by atoms with Crippen LogP contribution >= 0.6 is 0 Å². The van der Waals surface area contributed by atoms with E-state index in [0.717, 1.165) is 0 Å². The van der Waals surface area contributed by atoms with Crippen molar-refractivity contribution in [2.24, 2.45) is 5.11 Å². The maximum absolute atomic E-state index is 11.9. The number of hydrogen-bond donors (Lipinski definition) is 0. The number of hydrogen-bond acceptors (Lipinski definition) is 3. The van der Waals surface area contributed by atoms with Gasteiger partial charge in [-0.05, 0) is 25.1 Å². The number of carbonyl (C=O) groups excluding carboxylic acids is 2. The Labute approximate surface area is 116 Å². The van der Waals surface area contributed by atoms with E-state index in [1.807, 2.05) is 6.07 Å². The molecule has 5 nitrogen and oxygen atoms in total. The average Bonchev–Trinajstić information content (AvgIpc) is 2.49. The van der Waals surface area contributed by atoms with E-state index in [-0.39, 0.29) is 11.9 Å². The van der Waals surface area contributed by atoms with Crippen molar-refractivity contribution >= 4 is 11.9 Å². The van der Waals surface area contributed by atoms with Crippen molar-refractivity contribution in [1.29, 1.82) is 0 Å². The lowest BCUT2D eigenvalue weighted by molar-refractivity contribution is -0.513. The summed E-state index contributed by atoms with van der Waals surface area (Å²) in [5.74, 6) is -0.680. The summed E-state index contributed by atoms with van der Waals surface area (Å²) in [6.45, 7) is 2.46. The maximum Gasteiger partial charge on any atom is 0.339 e. The van der Waals surface area contributed by atoms with Crippen LogP contribution in [0, 0.1) is 0 Å². The molecule has 1 amide bonds. The summed E-state index contributed by atoms with van der Waals surface area (Å²) in [7, 11) is 0. The molecule has 0 atom stereocenters. The summed E-state index contributed by atoms with van der Waals surface area (Å²) in [6.07, 6.45) is 4.86. The molecule has 1 heterocycles. The van der Waals surface area contributed by atoms with Crippen molar-refractivity contribution in [3.8, 4) is 0 Å². The second-order valence-electron chi connectivity index (χ2n) is 4.09. The lowest BCUT2D eigenvalue weighted by Gasteiger charge is -2.03. The van der Waals surface area contributed by atoms with Crippen LogP contribution in [0.4, 0.5) is 0 Å². The molecule has 2 rings (SSSR count). The van der Waals surface area contributed by atoms with Gasteiger partial charge >= 0.3 is 11.9 Å². The molecule has 20 heavy (non-hydrogen) atoms. The van der Waals surface area contributed by atoms with Gasteiger partial charge in [-0.3, -0.25) is 4.79 Å². The molecule has 102 valence electrons. The Hall–Kier alpha value is -2.56. The largest absolute Gasteiger partial charge is 0.462 e. The molecule has 0 unspecified atom stereocenters. The number of nitrogens with zero attached hydrogens (tertiary/aromatic N) is 2. The van der Waals surface area contributed by atoms with Gasteiger partial charge in [-0.15, -0.1) is 0 Å². The van der Waals surface area contributed by atoms with Crippen LogP contribution in [0.15, 0.2) is 59.4 Å². The second-order valence-corrected chi connectivity index (χ2v) is 4.09. The highest BCUT2D eigenvalue weighted by molar-refractivity contribution is 5.94. The number of azo groups is 2. The standard InChI is InChI=1S/C15H15N2O3/c1-2-20-15(19)13-8-10-17(11-9-13)16-14(18)12-6-4-3-5-7-12/h3-10H,2,11H2,1H3/q+1. The van der Waals surface area contributed by atoms with Crippen LogP contribution in [0.3, 0.4) is 0 Å². The van der Waals surface area contributed by atoms with Crippen LogP contribution in [-0.2, 0) is 9.53 Å². The average molecular weight is 271 g/mol. The predicted octanol–water partition coefficient (Wildman–Crippen LogP) is 2.31. The molecule has 0 aromatic heterocycles. The first-order valence-electron chi connectivity index (χ1n) is 6.34. The monoisotopic (exact) mass is 271 g/mol. The molecular weight excluding hydrogens is 256 g/mol. The van der Waals surface area contributed by atoms with Crippen LogP contribution in [0.5, 0.6) is 0 Å². The van der Waals surface area contributed by atoms with E-state index >= 15 is 0 Å². The fourth-order valence-electron chi connectivity index (χ4n) is 1.68. The summed E-state index contributed by atoms with van der Waals surface area (Å²) in [6, 6.07) is 8.83. The van der Waals surface area contributed by atoms with Crippen LogP contribution in [0.1, 0.15) is 17.3 Å². The number of rotatable bonds is 3. The van der Waals surface area contributed by atoms with Gasteiger partial charge in [0.25, 0.3) is 0 Å². The summed E-state index contributed by atoms with van der Waals surface area (Å²) in [5, 5.41) is 3.96. The van der Waals surface area contributed by atoms with E-state index in [4.69, 9.17) is 4.74 Å². The molecule has 0 bridgehead atoms. The van der Waals surface area contributed by atoms with Crippen molar-refractivity contribution in [2.75, 3.05) is 13.2 Å². The maximum atomic E-state index is 11.9. The summed E-state index contributed by atoms with van der Waals surface area (Å²) in [4.78, 5) is 23.4. The van der Waals surface area contributed by atoms with Crippen LogP contribution in [0.2, 0.25) is 0 Å². The number of carbonyl (C=O) groups is 2. The molecule has 0 N–H and O–H groups in total. The van der Waals surface area contributed by atoms with Crippen LogP contribution < -0.4 is 0 Å². The van der Waals surface area contributed by atoms with Crippen molar-refractivity contribution in [3.05, 3.63) is 59.8 Å². The van der Waals surface area contributed by atoms with E-state index in [1.165, 1.54) is 4.70 Å². The second kappa shape index (κ2) is 6.56. The third kappa shape index (κ3) is 3.47. The highest BCUT2D eigenvalue weighted by Gasteiger charge is 2.17. The Morgan fingerprint density at radius 3 is 2.65 bits per heavy atom. The molecule has 5 heteroatoms.